The van der Waals surface area contributed by atoms with E-state index in [0.717, 1.165) is 11.1 Å². The number of amides is 1. The van der Waals surface area contributed by atoms with E-state index in [1.807, 2.05) is 51.1 Å². The predicted octanol–water partition coefficient (Wildman–Crippen LogP) is 4.66. The summed E-state index contributed by atoms with van der Waals surface area (Å²) in [5.74, 6) is 1.21. The molecule has 132 valence electrons. The van der Waals surface area contributed by atoms with Crippen molar-refractivity contribution < 1.29 is 14.3 Å². The Morgan fingerprint density at radius 1 is 1.16 bits per heavy atom. The quantitative estimate of drug-likeness (QED) is 0.711. The fourth-order valence-corrected chi connectivity index (χ4v) is 2.53. The summed E-state index contributed by atoms with van der Waals surface area (Å²) in [6.07, 6.45) is 1.69. The highest BCUT2D eigenvalue weighted by Crippen LogP contribution is 2.21. The van der Waals surface area contributed by atoms with Gasteiger partial charge in [-0.2, -0.15) is 0 Å². The molecular formula is C21H25NO3. The Balaban J connectivity index is 2.05. The Morgan fingerprint density at radius 2 is 1.88 bits per heavy atom. The number of nitrogens with one attached hydrogen (secondary N) is 1. The minimum atomic E-state index is -0.557. The minimum absolute atomic E-state index is 0.178. The number of hydrogen-bond acceptors (Lipinski definition) is 3. The maximum atomic E-state index is 12.6. The summed E-state index contributed by atoms with van der Waals surface area (Å²) < 4.78 is 11.4. The molecule has 0 aliphatic rings. The van der Waals surface area contributed by atoms with Crippen molar-refractivity contribution in [1.29, 1.82) is 0 Å². The summed E-state index contributed by atoms with van der Waals surface area (Å²) in [6.45, 7) is 9.99. The van der Waals surface area contributed by atoms with Crippen LogP contribution in [0.25, 0.3) is 0 Å². The van der Waals surface area contributed by atoms with Crippen molar-refractivity contribution in [2.45, 2.75) is 33.3 Å². The average molecular weight is 339 g/mol. The van der Waals surface area contributed by atoms with Crippen molar-refractivity contribution >= 4 is 11.6 Å². The van der Waals surface area contributed by atoms with E-state index in [9.17, 15) is 4.79 Å². The van der Waals surface area contributed by atoms with Gasteiger partial charge in [0, 0.05) is 11.8 Å². The molecule has 0 aliphatic heterocycles. The van der Waals surface area contributed by atoms with Crippen LogP contribution in [0.3, 0.4) is 0 Å². The molecule has 0 aliphatic carbocycles. The number of ether oxygens (including phenoxy) is 2. The van der Waals surface area contributed by atoms with Crippen molar-refractivity contribution in [3.63, 3.8) is 0 Å². The zero-order valence-electron chi connectivity index (χ0n) is 15.0. The molecule has 4 heteroatoms. The van der Waals surface area contributed by atoms with Crippen LogP contribution in [-0.2, 0) is 4.79 Å². The molecule has 0 radical (unpaired) electrons. The molecule has 2 rings (SSSR count). The van der Waals surface area contributed by atoms with E-state index in [2.05, 4.69) is 18.0 Å². The number of hydrogen-bond donors (Lipinski definition) is 1. The summed E-state index contributed by atoms with van der Waals surface area (Å²) in [4.78, 5) is 12.6. The first-order valence-corrected chi connectivity index (χ1v) is 8.41. The van der Waals surface area contributed by atoms with E-state index >= 15 is 0 Å². The van der Waals surface area contributed by atoms with Gasteiger partial charge >= 0.3 is 0 Å². The van der Waals surface area contributed by atoms with E-state index in [0.29, 0.717) is 30.2 Å². The Bertz CT molecular complexity index is 719. The maximum absolute atomic E-state index is 12.6. The molecule has 4 nitrogen and oxygen atoms in total. The highest BCUT2D eigenvalue weighted by atomic mass is 16.5. The summed E-state index contributed by atoms with van der Waals surface area (Å²) in [7, 11) is 0. The van der Waals surface area contributed by atoms with Gasteiger partial charge in [-0.05, 0) is 55.7 Å². The number of benzene rings is 2. The van der Waals surface area contributed by atoms with E-state index in [1.165, 1.54) is 0 Å². The first-order chi connectivity index (χ1) is 12.0. The Labute approximate surface area is 149 Å². The van der Waals surface area contributed by atoms with E-state index in [4.69, 9.17) is 9.47 Å². The molecule has 2 aromatic rings. The SMILES string of the molecule is C=CCOc1cccc(NC(=O)C(CC)Oc2cc(C)cc(C)c2)c1. The molecule has 0 heterocycles. The lowest BCUT2D eigenvalue weighted by atomic mass is 10.1. The molecule has 25 heavy (non-hydrogen) atoms. The molecule has 0 fully saturated rings. The maximum Gasteiger partial charge on any atom is 0.265 e. The normalized spacial score (nSPS) is 11.5. The lowest BCUT2D eigenvalue weighted by molar-refractivity contribution is -0.122. The molecule has 1 amide bonds. The second kappa shape index (κ2) is 8.92. The van der Waals surface area contributed by atoms with Gasteiger partial charge in [0.1, 0.15) is 18.1 Å². The van der Waals surface area contributed by atoms with Crippen LogP contribution in [0.2, 0.25) is 0 Å². The first kappa shape index (κ1) is 18.6. The fourth-order valence-electron chi connectivity index (χ4n) is 2.53. The molecule has 0 aromatic heterocycles. The fraction of sp³-hybridized carbons (Fsp3) is 0.286. The molecule has 1 atom stereocenters. The molecule has 2 aromatic carbocycles. The van der Waals surface area contributed by atoms with Crippen LogP contribution in [0.4, 0.5) is 5.69 Å². The van der Waals surface area contributed by atoms with Crippen LogP contribution in [0, 0.1) is 13.8 Å². The molecule has 1 unspecified atom stereocenters. The largest absolute Gasteiger partial charge is 0.489 e. The van der Waals surface area contributed by atoms with Crippen molar-refractivity contribution in [3.05, 3.63) is 66.2 Å². The highest BCUT2D eigenvalue weighted by molar-refractivity contribution is 5.94. The first-order valence-electron chi connectivity index (χ1n) is 8.41. The third kappa shape index (κ3) is 5.68. The Kier molecular flexibility index (Phi) is 6.63. The van der Waals surface area contributed by atoms with Crippen LogP contribution in [-0.4, -0.2) is 18.6 Å². The van der Waals surface area contributed by atoms with Gasteiger partial charge in [0.2, 0.25) is 0 Å². The second-order valence-electron chi connectivity index (χ2n) is 5.95. The van der Waals surface area contributed by atoms with Gasteiger partial charge < -0.3 is 14.8 Å². The van der Waals surface area contributed by atoms with Crippen LogP contribution < -0.4 is 14.8 Å². The monoisotopic (exact) mass is 339 g/mol. The number of anilines is 1. The van der Waals surface area contributed by atoms with E-state index in [-0.39, 0.29) is 5.91 Å². The Morgan fingerprint density at radius 3 is 2.52 bits per heavy atom. The molecule has 0 saturated heterocycles. The zero-order valence-corrected chi connectivity index (χ0v) is 15.0. The molecule has 1 N–H and O–H groups in total. The Hall–Kier alpha value is -2.75. The number of aryl methyl sites for hydroxylation is 2. The third-order valence-corrected chi connectivity index (χ3v) is 3.61. The van der Waals surface area contributed by atoms with E-state index < -0.39 is 6.10 Å². The van der Waals surface area contributed by atoms with Crippen LogP contribution in [0.5, 0.6) is 11.5 Å². The smallest absolute Gasteiger partial charge is 0.265 e. The van der Waals surface area contributed by atoms with Gasteiger partial charge in [-0.3, -0.25) is 4.79 Å². The molecular weight excluding hydrogens is 314 g/mol. The van der Waals surface area contributed by atoms with E-state index in [1.54, 1.807) is 12.1 Å². The molecule has 0 spiro atoms. The summed E-state index contributed by atoms with van der Waals surface area (Å²) >= 11 is 0. The summed E-state index contributed by atoms with van der Waals surface area (Å²) in [5.41, 5.74) is 2.89. The van der Waals surface area contributed by atoms with Gasteiger partial charge in [0.25, 0.3) is 5.91 Å². The van der Waals surface area contributed by atoms with Gasteiger partial charge in [-0.25, -0.2) is 0 Å². The van der Waals surface area contributed by atoms with Crippen LogP contribution in [0.1, 0.15) is 24.5 Å². The van der Waals surface area contributed by atoms with Crippen LogP contribution in [0.15, 0.2) is 55.1 Å². The summed E-state index contributed by atoms with van der Waals surface area (Å²) in [6, 6.07) is 13.2. The number of carbonyl (C=O) groups is 1. The zero-order chi connectivity index (χ0) is 18.2. The predicted molar refractivity (Wildman–Crippen MR) is 101 cm³/mol. The highest BCUT2D eigenvalue weighted by Gasteiger charge is 2.19. The lowest BCUT2D eigenvalue weighted by Crippen LogP contribution is -2.32. The van der Waals surface area contributed by atoms with Gasteiger partial charge in [0.05, 0.1) is 0 Å². The lowest BCUT2D eigenvalue weighted by Gasteiger charge is -2.18. The molecule has 0 bridgehead atoms. The minimum Gasteiger partial charge on any atom is -0.489 e. The van der Waals surface area contributed by atoms with Crippen LogP contribution >= 0.6 is 0 Å². The van der Waals surface area contributed by atoms with Crippen molar-refractivity contribution in [2.75, 3.05) is 11.9 Å². The topological polar surface area (TPSA) is 47.6 Å². The summed E-state index contributed by atoms with van der Waals surface area (Å²) in [5, 5.41) is 2.89. The van der Waals surface area contributed by atoms with Crippen molar-refractivity contribution in [1.82, 2.24) is 0 Å². The average Bonchev–Trinajstić information content (AvgIpc) is 2.57. The van der Waals surface area contributed by atoms with Crippen molar-refractivity contribution in [2.24, 2.45) is 0 Å². The third-order valence-electron chi connectivity index (χ3n) is 3.61. The standard InChI is InChI=1S/C21H25NO3/c1-5-10-24-18-9-7-8-17(14-18)22-21(23)20(6-2)25-19-12-15(3)11-16(4)13-19/h5,7-9,11-14,20H,1,6,10H2,2-4H3,(H,22,23). The second-order valence-corrected chi connectivity index (χ2v) is 5.95. The van der Waals surface area contributed by atoms with Gasteiger partial charge in [-0.15, -0.1) is 0 Å². The number of carbonyl (C=O) groups excluding carboxylic acids is 1. The number of rotatable bonds is 8. The molecule has 0 saturated carbocycles. The van der Waals surface area contributed by atoms with Gasteiger partial charge in [-0.1, -0.05) is 31.7 Å². The van der Waals surface area contributed by atoms with Gasteiger partial charge in [0.15, 0.2) is 6.10 Å². The van der Waals surface area contributed by atoms with Crippen molar-refractivity contribution in [3.8, 4) is 11.5 Å².